The van der Waals surface area contributed by atoms with Gasteiger partial charge in [-0.3, -0.25) is 9.69 Å². The Kier molecular flexibility index (Phi) is 4.92. The summed E-state index contributed by atoms with van der Waals surface area (Å²) in [4.78, 5) is 19.1. The van der Waals surface area contributed by atoms with Crippen molar-refractivity contribution in [2.45, 2.75) is 13.5 Å². The fourth-order valence-corrected chi connectivity index (χ4v) is 2.72. The van der Waals surface area contributed by atoms with Gasteiger partial charge in [0, 0.05) is 16.8 Å². The second-order valence-electron chi connectivity index (χ2n) is 5.49. The number of hydrogen-bond donors (Lipinski definition) is 0. The van der Waals surface area contributed by atoms with Gasteiger partial charge >= 0.3 is 0 Å². The molecule has 1 amide bonds. The Morgan fingerprint density at radius 3 is 2.42 bits per heavy atom. The van der Waals surface area contributed by atoms with E-state index in [1.807, 2.05) is 73.7 Å². The lowest BCUT2D eigenvalue weighted by Gasteiger charge is -2.23. The molecule has 0 fully saturated rings. The summed E-state index contributed by atoms with van der Waals surface area (Å²) < 4.78 is 0. The van der Waals surface area contributed by atoms with Crippen molar-refractivity contribution < 1.29 is 4.79 Å². The Balaban J connectivity index is 2.01. The molecule has 3 rings (SSSR count). The molecule has 0 saturated heterocycles. The first-order valence-corrected chi connectivity index (χ1v) is 8.06. The molecule has 0 N–H and O–H groups in total. The highest BCUT2D eigenvalue weighted by Crippen LogP contribution is 2.23. The smallest absolute Gasteiger partial charge is 0.260 e. The number of nitrogens with zero attached hydrogens (tertiary/aromatic N) is 2. The van der Waals surface area contributed by atoms with Gasteiger partial charge in [0.25, 0.3) is 5.91 Å². The summed E-state index contributed by atoms with van der Waals surface area (Å²) in [5, 5.41) is 0.635. The Morgan fingerprint density at radius 1 is 1.00 bits per heavy atom. The van der Waals surface area contributed by atoms with Crippen molar-refractivity contribution in [1.29, 1.82) is 0 Å². The standard InChI is InChI=1S/C20H17ClN2O/c1-15-8-2-4-10-17(15)20(24)23(19-12-6-7-13-22-19)14-16-9-3-5-11-18(16)21/h2-13H,14H2,1H3. The van der Waals surface area contributed by atoms with Crippen LogP contribution in [-0.4, -0.2) is 10.9 Å². The van der Waals surface area contributed by atoms with E-state index < -0.39 is 0 Å². The average molecular weight is 337 g/mol. The number of hydrogen-bond acceptors (Lipinski definition) is 2. The van der Waals surface area contributed by atoms with Crippen LogP contribution in [0.2, 0.25) is 5.02 Å². The monoisotopic (exact) mass is 336 g/mol. The fourth-order valence-electron chi connectivity index (χ4n) is 2.53. The van der Waals surface area contributed by atoms with Crippen LogP contribution < -0.4 is 4.90 Å². The first kappa shape index (κ1) is 16.2. The van der Waals surface area contributed by atoms with Crippen molar-refractivity contribution in [3.63, 3.8) is 0 Å². The number of amides is 1. The zero-order valence-corrected chi connectivity index (χ0v) is 14.1. The van der Waals surface area contributed by atoms with Crippen LogP contribution in [0.5, 0.6) is 0 Å². The first-order valence-electron chi connectivity index (χ1n) is 7.69. The van der Waals surface area contributed by atoms with Crippen LogP contribution in [0.4, 0.5) is 5.82 Å². The lowest BCUT2D eigenvalue weighted by Crippen LogP contribution is -2.31. The van der Waals surface area contributed by atoms with Crippen LogP contribution in [0.3, 0.4) is 0 Å². The molecule has 24 heavy (non-hydrogen) atoms. The molecule has 120 valence electrons. The zero-order chi connectivity index (χ0) is 16.9. The molecule has 1 heterocycles. The summed E-state index contributed by atoms with van der Waals surface area (Å²) in [7, 11) is 0. The highest BCUT2D eigenvalue weighted by Gasteiger charge is 2.21. The topological polar surface area (TPSA) is 33.2 Å². The van der Waals surface area contributed by atoms with E-state index in [0.29, 0.717) is 22.9 Å². The van der Waals surface area contributed by atoms with Crippen LogP contribution in [0.25, 0.3) is 0 Å². The van der Waals surface area contributed by atoms with Gasteiger partial charge < -0.3 is 0 Å². The summed E-state index contributed by atoms with van der Waals surface area (Å²) in [6, 6.07) is 20.6. The zero-order valence-electron chi connectivity index (χ0n) is 13.3. The third-order valence-corrected chi connectivity index (χ3v) is 4.20. The van der Waals surface area contributed by atoms with Crippen molar-refractivity contribution in [1.82, 2.24) is 4.98 Å². The van der Waals surface area contributed by atoms with Crippen LogP contribution in [-0.2, 0) is 6.54 Å². The van der Waals surface area contributed by atoms with E-state index in [2.05, 4.69) is 4.98 Å². The number of anilines is 1. The Hall–Kier alpha value is -2.65. The molecule has 0 aliphatic heterocycles. The minimum Gasteiger partial charge on any atom is -0.288 e. The predicted molar refractivity (Wildman–Crippen MR) is 97.4 cm³/mol. The molecule has 0 saturated carbocycles. The quantitative estimate of drug-likeness (QED) is 0.679. The SMILES string of the molecule is Cc1ccccc1C(=O)N(Cc1ccccc1Cl)c1ccccn1. The highest BCUT2D eigenvalue weighted by atomic mass is 35.5. The van der Waals surface area contributed by atoms with E-state index in [4.69, 9.17) is 11.6 Å². The van der Waals surface area contributed by atoms with Gasteiger partial charge in [0.2, 0.25) is 0 Å². The number of aromatic nitrogens is 1. The number of rotatable bonds is 4. The molecule has 3 aromatic rings. The van der Waals surface area contributed by atoms with Crippen molar-refractivity contribution in [2.24, 2.45) is 0 Å². The Bertz CT molecular complexity index is 849. The molecule has 1 aromatic heterocycles. The van der Waals surface area contributed by atoms with Crippen LogP contribution in [0.1, 0.15) is 21.5 Å². The van der Waals surface area contributed by atoms with Gasteiger partial charge in [0.1, 0.15) is 5.82 Å². The lowest BCUT2D eigenvalue weighted by molar-refractivity contribution is 0.0984. The summed E-state index contributed by atoms with van der Waals surface area (Å²) in [6.07, 6.45) is 1.68. The van der Waals surface area contributed by atoms with Gasteiger partial charge in [0.15, 0.2) is 0 Å². The summed E-state index contributed by atoms with van der Waals surface area (Å²) >= 11 is 6.28. The van der Waals surface area contributed by atoms with Gasteiger partial charge in [-0.15, -0.1) is 0 Å². The molecular weight excluding hydrogens is 320 g/mol. The molecule has 0 radical (unpaired) electrons. The summed E-state index contributed by atoms with van der Waals surface area (Å²) in [5.74, 6) is 0.511. The summed E-state index contributed by atoms with van der Waals surface area (Å²) in [5.41, 5.74) is 2.48. The maximum absolute atomic E-state index is 13.1. The first-order chi connectivity index (χ1) is 11.7. The second kappa shape index (κ2) is 7.28. The third kappa shape index (κ3) is 3.47. The van der Waals surface area contributed by atoms with Crippen molar-refractivity contribution in [2.75, 3.05) is 4.90 Å². The molecule has 0 aliphatic carbocycles. The molecule has 0 unspecified atom stereocenters. The van der Waals surface area contributed by atoms with E-state index in [0.717, 1.165) is 11.1 Å². The van der Waals surface area contributed by atoms with E-state index in [9.17, 15) is 4.79 Å². The van der Waals surface area contributed by atoms with Crippen LogP contribution in [0.15, 0.2) is 72.9 Å². The van der Waals surface area contributed by atoms with Crippen molar-refractivity contribution in [3.8, 4) is 0 Å². The van der Waals surface area contributed by atoms with E-state index in [1.54, 1.807) is 11.1 Å². The van der Waals surface area contributed by atoms with Gasteiger partial charge in [-0.1, -0.05) is 54.1 Å². The lowest BCUT2D eigenvalue weighted by atomic mass is 10.1. The van der Waals surface area contributed by atoms with E-state index >= 15 is 0 Å². The minimum atomic E-state index is -0.0910. The molecule has 0 bridgehead atoms. The molecule has 2 aromatic carbocycles. The molecule has 4 heteroatoms. The number of pyridine rings is 1. The van der Waals surface area contributed by atoms with Crippen molar-refractivity contribution >= 4 is 23.3 Å². The maximum Gasteiger partial charge on any atom is 0.260 e. The van der Waals surface area contributed by atoms with Gasteiger partial charge in [-0.05, 0) is 42.3 Å². The number of halogens is 1. The van der Waals surface area contributed by atoms with Gasteiger partial charge in [-0.25, -0.2) is 4.98 Å². The number of carbonyl (C=O) groups is 1. The highest BCUT2D eigenvalue weighted by molar-refractivity contribution is 6.31. The van der Waals surface area contributed by atoms with Crippen molar-refractivity contribution in [3.05, 3.63) is 94.6 Å². The maximum atomic E-state index is 13.1. The second-order valence-corrected chi connectivity index (χ2v) is 5.89. The largest absolute Gasteiger partial charge is 0.288 e. The number of aryl methyl sites for hydroxylation is 1. The molecule has 0 atom stereocenters. The average Bonchev–Trinajstić information content (AvgIpc) is 2.62. The number of carbonyl (C=O) groups excluding carboxylic acids is 1. The summed E-state index contributed by atoms with van der Waals surface area (Å²) in [6.45, 7) is 2.29. The minimum absolute atomic E-state index is 0.0910. The molecular formula is C20H17ClN2O. The van der Waals surface area contributed by atoms with Gasteiger partial charge in [-0.2, -0.15) is 0 Å². The van der Waals surface area contributed by atoms with Gasteiger partial charge in [0.05, 0.1) is 6.54 Å². The molecule has 0 aliphatic rings. The normalized spacial score (nSPS) is 10.4. The predicted octanol–water partition coefficient (Wildman–Crippen LogP) is 4.89. The van der Waals surface area contributed by atoms with E-state index in [-0.39, 0.29) is 5.91 Å². The Labute approximate surface area is 146 Å². The fraction of sp³-hybridized carbons (Fsp3) is 0.100. The van der Waals surface area contributed by atoms with Crippen LogP contribution in [0, 0.1) is 6.92 Å². The third-order valence-electron chi connectivity index (χ3n) is 3.83. The van der Waals surface area contributed by atoms with E-state index in [1.165, 1.54) is 0 Å². The van der Waals surface area contributed by atoms with Crippen LogP contribution >= 0.6 is 11.6 Å². The molecule has 3 nitrogen and oxygen atoms in total. The Morgan fingerprint density at radius 2 is 1.71 bits per heavy atom. The number of benzene rings is 2. The molecule has 0 spiro atoms.